The molecule has 18 heavy (non-hydrogen) atoms. The molecule has 0 saturated heterocycles. The molecule has 0 radical (unpaired) electrons. The molecule has 1 unspecified atom stereocenters. The Labute approximate surface area is 108 Å². The lowest BCUT2D eigenvalue weighted by Crippen LogP contribution is -2.32. The summed E-state index contributed by atoms with van der Waals surface area (Å²) in [5, 5.41) is 18.7. The van der Waals surface area contributed by atoms with Crippen LogP contribution >= 0.6 is 11.3 Å². The Morgan fingerprint density at radius 2 is 2.39 bits per heavy atom. The molecule has 3 N–H and O–H groups in total. The highest BCUT2D eigenvalue weighted by atomic mass is 32.1. The lowest BCUT2D eigenvalue weighted by Gasteiger charge is -2.11. The maximum atomic E-state index is 11.5. The normalized spacial score (nSPS) is 11.8. The van der Waals surface area contributed by atoms with Crippen LogP contribution in [0.1, 0.15) is 11.7 Å². The van der Waals surface area contributed by atoms with Gasteiger partial charge in [0.15, 0.2) is 0 Å². The van der Waals surface area contributed by atoms with Crippen LogP contribution < -0.4 is 10.6 Å². The van der Waals surface area contributed by atoms with Gasteiger partial charge in [-0.25, -0.2) is 4.79 Å². The number of rotatable bonds is 4. The average molecular weight is 263 g/mol. The van der Waals surface area contributed by atoms with Gasteiger partial charge in [-0.15, -0.1) is 0 Å². The molecular weight excluding hydrogens is 250 g/mol. The van der Waals surface area contributed by atoms with Crippen LogP contribution in [0.4, 0.5) is 10.5 Å². The number of hydrogen-bond donors (Lipinski definition) is 3. The fraction of sp³-hybridized carbons (Fsp3) is 0.167. The molecule has 0 fully saturated rings. The first-order valence-electron chi connectivity index (χ1n) is 5.41. The molecule has 0 aliphatic carbocycles. The number of carbonyl (C=O) groups is 1. The molecular formula is C12H13N3O2S. The predicted octanol–water partition coefficient (Wildman–Crippen LogP) is 2.00. The van der Waals surface area contributed by atoms with E-state index in [9.17, 15) is 9.90 Å². The third-order valence-electron chi connectivity index (χ3n) is 2.30. The third-order valence-corrected chi connectivity index (χ3v) is 3.00. The van der Waals surface area contributed by atoms with Crippen LogP contribution in [0.3, 0.4) is 0 Å². The van der Waals surface area contributed by atoms with Gasteiger partial charge < -0.3 is 15.7 Å². The Hall–Kier alpha value is -1.92. The highest BCUT2D eigenvalue weighted by Gasteiger charge is 2.09. The van der Waals surface area contributed by atoms with Gasteiger partial charge in [0.2, 0.25) is 0 Å². The summed E-state index contributed by atoms with van der Waals surface area (Å²) >= 11 is 1.51. The molecule has 94 valence electrons. The molecule has 5 nitrogen and oxygen atoms in total. The molecule has 0 saturated carbocycles. The zero-order valence-electron chi connectivity index (χ0n) is 9.54. The second kappa shape index (κ2) is 6.13. The Kier molecular flexibility index (Phi) is 4.27. The third kappa shape index (κ3) is 3.54. The molecule has 0 aliphatic heterocycles. The second-order valence-electron chi connectivity index (χ2n) is 3.65. The number of amides is 2. The van der Waals surface area contributed by atoms with Crippen molar-refractivity contribution in [2.45, 2.75) is 6.10 Å². The monoisotopic (exact) mass is 263 g/mol. The topological polar surface area (TPSA) is 74.2 Å². The van der Waals surface area contributed by atoms with E-state index in [1.54, 1.807) is 24.5 Å². The highest BCUT2D eigenvalue weighted by Crippen LogP contribution is 2.15. The molecule has 2 amide bonds. The Bertz CT molecular complexity index is 487. The van der Waals surface area contributed by atoms with Crippen LogP contribution in [-0.2, 0) is 0 Å². The van der Waals surface area contributed by atoms with E-state index < -0.39 is 6.10 Å². The molecule has 0 spiro atoms. The summed E-state index contributed by atoms with van der Waals surface area (Å²) in [5.74, 6) is 0. The number of anilines is 1. The van der Waals surface area contributed by atoms with Crippen LogP contribution in [0.5, 0.6) is 0 Å². The molecule has 2 aromatic rings. The minimum absolute atomic E-state index is 0.169. The number of hydrogen-bond acceptors (Lipinski definition) is 4. The number of nitrogens with one attached hydrogen (secondary N) is 2. The van der Waals surface area contributed by atoms with Gasteiger partial charge in [0.05, 0.1) is 18.0 Å². The van der Waals surface area contributed by atoms with Gasteiger partial charge in [0.25, 0.3) is 0 Å². The van der Waals surface area contributed by atoms with Gasteiger partial charge in [-0.3, -0.25) is 4.98 Å². The average Bonchev–Trinajstić information content (AvgIpc) is 2.91. The first-order chi connectivity index (χ1) is 8.75. The summed E-state index contributed by atoms with van der Waals surface area (Å²) in [7, 11) is 0. The minimum atomic E-state index is -0.684. The number of carbonyl (C=O) groups excluding carboxylic acids is 1. The Morgan fingerprint density at radius 3 is 3.06 bits per heavy atom. The van der Waals surface area contributed by atoms with Crippen molar-refractivity contribution in [2.75, 3.05) is 11.9 Å². The fourth-order valence-corrected chi connectivity index (χ4v) is 2.09. The first kappa shape index (κ1) is 12.5. The van der Waals surface area contributed by atoms with Crippen LogP contribution in [0, 0.1) is 0 Å². The number of pyridine rings is 1. The first-order valence-corrected chi connectivity index (χ1v) is 6.35. The van der Waals surface area contributed by atoms with Crippen molar-refractivity contribution >= 4 is 23.1 Å². The van der Waals surface area contributed by atoms with Crippen molar-refractivity contribution < 1.29 is 9.90 Å². The standard InChI is InChI=1S/C12H13N3O2S/c16-11(9-3-5-18-8-9)7-14-12(17)15-10-2-1-4-13-6-10/h1-6,8,11,16H,7H2,(H2,14,15,17). The smallest absolute Gasteiger partial charge is 0.319 e. The lowest BCUT2D eigenvalue weighted by atomic mass is 10.2. The summed E-state index contributed by atoms with van der Waals surface area (Å²) in [5.41, 5.74) is 1.42. The van der Waals surface area contributed by atoms with Gasteiger partial charge >= 0.3 is 6.03 Å². The molecule has 1 atom stereocenters. The number of thiophene rings is 1. The van der Waals surface area contributed by atoms with Gasteiger partial charge in [-0.2, -0.15) is 11.3 Å². The van der Waals surface area contributed by atoms with Crippen LogP contribution in [0.25, 0.3) is 0 Å². The van der Waals surface area contributed by atoms with E-state index in [1.165, 1.54) is 11.3 Å². The van der Waals surface area contributed by atoms with Gasteiger partial charge in [-0.05, 0) is 34.5 Å². The number of aromatic nitrogens is 1. The van der Waals surface area contributed by atoms with E-state index in [1.807, 2.05) is 16.8 Å². The summed E-state index contributed by atoms with van der Waals surface area (Å²) in [6.07, 6.45) is 2.49. The van der Waals surface area contributed by atoms with Gasteiger partial charge in [0, 0.05) is 12.7 Å². The summed E-state index contributed by atoms with van der Waals surface area (Å²) in [6, 6.07) is 4.94. The highest BCUT2D eigenvalue weighted by molar-refractivity contribution is 7.07. The summed E-state index contributed by atoms with van der Waals surface area (Å²) < 4.78 is 0. The van der Waals surface area contributed by atoms with Crippen molar-refractivity contribution in [2.24, 2.45) is 0 Å². The van der Waals surface area contributed by atoms with E-state index in [-0.39, 0.29) is 12.6 Å². The zero-order chi connectivity index (χ0) is 12.8. The maximum absolute atomic E-state index is 11.5. The SMILES string of the molecule is O=C(NCC(O)c1ccsc1)Nc1cccnc1. The van der Waals surface area contributed by atoms with Crippen molar-refractivity contribution in [3.63, 3.8) is 0 Å². The molecule has 0 aliphatic rings. The number of aliphatic hydroxyl groups excluding tert-OH is 1. The molecule has 2 heterocycles. The Morgan fingerprint density at radius 1 is 1.50 bits per heavy atom. The number of nitrogens with zero attached hydrogens (tertiary/aromatic N) is 1. The van der Waals surface area contributed by atoms with Gasteiger partial charge in [0.1, 0.15) is 0 Å². The summed E-state index contributed by atoms with van der Waals surface area (Å²) in [4.78, 5) is 15.4. The lowest BCUT2D eigenvalue weighted by molar-refractivity contribution is 0.175. The minimum Gasteiger partial charge on any atom is -0.387 e. The fourth-order valence-electron chi connectivity index (χ4n) is 1.38. The number of aliphatic hydroxyl groups is 1. The number of urea groups is 1. The van der Waals surface area contributed by atoms with Crippen molar-refractivity contribution in [1.29, 1.82) is 0 Å². The molecule has 6 heteroatoms. The van der Waals surface area contributed by atoms with Crippen LogP contribution in [0.2, 0.25) is 0 Å². The molecule has 0 bridgehead atoms. The van der Waals surface area contributed by atoms with E-state index in [4.69, 9.17) is 0 Å². The van der Waals surface area contributed by atoms with Crippen molar-refractivity contribution in [1.82, 2.24) is 10.3 Å². The van der Waals surface area contributed by atoms with E-state index in [0.29, 0.717) is 5.69 Å². The van der Waals surface area contributed by atoms with E-state index >= 15 is 0 Å². The molecule has 2 aromatic heterocycles. The maximum Gasteiger partial charge on any atom is 0.319 e. The molecule has 0 aromatic carbocycles. The van der Waals surface area contributed by atoms with Crippen molar-refractivity contribution in [3.8, 4) is 0 Å². The second-order valence-corrected chi connectivity index (χ2v) is 4.43. The summed E-state index contributed by atoms with van der Waals surface area (Å²) in [6.45, 7) is 0.169. The van der Waals surface area contributed by atoms with Crippen LogP contribution in [-0.4, -0.2) is 22.7 Å². The van der Waals surface area contributed by atoms with E-state index in [2.05, 4.69) is 15.6 Å². The predicted molar refractivity (Wildman–Crippen MR) is 70.5 cm³/mol. The van der Waals surface area contributed by atoms with Crippen LogP contribution in [0.15, 0.2) is 41.4 Å². The van der Waals surface area contributed by atoms with Crippen molar-refractivity contribution in [3.05, 3.63) is 46.9 Å². The zero-order valence-corrected chi connectivity index (χ0v) is 10.4. The Balaban J connectivity index is 1.79. The molecule has 2 rings (SSSR count). The van der Waals surface area contributed by atoms with E-state index in [0.717, 1.165) is 5.56 Å². The largest absolute Gasteiger partial charge is 0.387 e. The van der Waals surface area contributed by atoms with Gasteiger partial charge in [-0.1, -0.05) is 0 Å². The quantitative estimate of drug-likeness (QED) is 0.789.